The number of aromatic nitrogens is 1. The number of rotatable bonds is 6. The van der Waals surface area contributed by atoms with Crippen molar-refractivity contribution in [2.45, 2.75) is 70.6 Å². The van der Waals surface area contributed by atoms with Crippen molar-refractivity contribution in [2.24, 2.45) is 11.3 Å². The Morgan fingerprint density at radius 1 is 1.32 bits per heavy atom. The Bertz CT molecular complexity index is 922. The Hall–Kier alpha value is -1.39. The zero-order valence-electron chi connectivity index (χ0n) is 18.8. The maximum Gasteiger partial charge on any atom is 0.157 e. The summed E-state index contributed by atoms with van der Waals surface area (Å²) in [5.41, 5.74) is 4.58. The summed E-state index contributed by atoms with van der Waals surface area (Å²) in [6.07, 6.45) is 6.34. The SMILES string of the molecule is CC(C)(C)[C@@H]1CCc2nc(SCCO[C@@H]3CCCCO3)c(C#N)c(-c3cccs3)c2C1. The fourth-order valence-corrected chi connectivity index (χ4v) is 6.18. The lowest BCUT2D eigenvalue weighted by Crippen LogP contribution is -2.28. The fraction of sp³-hybridized carbons (Fsp3) is 0.600. The normalized spacial score (nSPS) is 21.5. The molecule has 0 radical (unpaired) electrons. The first-order valence-electron chi connectivity index (χ1n) is 11.3. The van der Waals surface area contributed by atoms with Crippen LogP contribution in [0, 0.1) is 22.7 Å². The van der Waals surface area contributed by atoms with E-state index < -0.39 is 0 Å². The third-order valence-electron chi connectivity index (χ3n) is 6.40. The number of fused-ring (bicyclic) bond motifs is 1. The highest BCUT2D eigenvalue weighted by molar-refractivity contribution is 7.99. The molecule has 2 aliphatic rings. The van der Waals surface area contributed by atoms with E-state index in [0.717, 1.165) is 60.6 Å². The van der Waals surface area contributed by atoms with Crippen molar-refractivity contribution in [2.75, 3.05) is 19.0 Å². The summed E-state index contributed by atoms with van der Waals surface area (Å²) in [5, 5.41) is 13.1. The van der Waals surface area contributed by atoms with Gasteiger partial charge < -0.3 is 9.47 Å². The van der Waals surface area contributed by atoms with Crippen LogP contribution in [0.5, 0.6) is 0 Å². The predicted octanol–water partition coefficient (Wildman–Crippen LogP) is 6.47. The van der Waals surface area contributed by atoms with Gasteiger partial charge in [-0.25, -0.2) is 4.98 Å². The second kappa shape index (κ2) is 10.0. The van der Waals surface area contributed by atoms with Gasteiger partial charge in [-0.2, -0.15) is 5.26 Å². The van der Waals surface area contributed by atoms with Crippen LogP contribution in [0.3, 0.4) is 0 Å². The van der Waals surface area contributed by atoms with Gasteiger partial charge in [-0.3, -0.25) is 0 Å². The van der Waals surface area contributed by atoms with Crippen molar-refractivity contribution in [1.82, 2.24) is 4.98 Å². The van der Waals surface area contributed by atoms with Crippen molar-refractivity contribution in [3.63, 3.8) is 0 Å². The number of hydrogen-bond donors (Lipinski definition) is 0. The van der Waals surface area contributed by atoms with Gasteiger partial charge in [0.15, 0.2) is 6.29 Å². The number of nitrogens with zero attached hydrogens (tertiary/aromatic N) is 2. The van der Waals surface area contributed by atoms with Crippen molar-refractivity contribution >= 4 is 23.1 Å². The molecule has 0 amide bonds. The number of hydrogen-bond acceptors (Lipinski definition) is 6. The molecule has 4 rings (SSSR count). The highest BCUT2D eigenvalue weighted by atomic mass is 32.2. The average molecular weight is 457 g/mol. The van der Waals surface area contributed by atoms with E-state index in [0.29, 0.717) is 12.5 Å². The first kappa shape index (κ1) is 22.8. The van der Waals surface area contributed by atoms with E-state index >= 15 is 0 Å². The zero-order chi connectivity index (χ0) is 21.8. The molecule has 0 bridgehead atoms. The molecular formula is C25H32N2O2S2. The number of thiophene rings is 1. The van der Waals surface area contributed by atoms with Crippen LogP contribution < -0.4 is 0 Å². The Kier molecular flexibility index (Phi) is 7.38. The van der Waals surface area contributed by atoms with E-state index in [1.807, 2.05) is 0 Å². The Morgan fingerprint density at radius 3 is 2.87 bits per heavy atom. The number of thioether (sulfide) groups is 1. The van der Waals surface area contributed by atoms with Crippen LogP contribution in [-0.2, 0) is 22.3 Å². The molecule has 0 N–H and O–H groups in total. The van der Waals surface area contributed by atoms with Crippen LogP contribution >= 0.6 is 23.1 Å². The highest BCUT2D eigenvalue weighted by Crippen LogP contribution is 2.44. The topological polar surface area (TPSA) is 55.1 Å². The maximum absolute atomic E-state index is 10.1. The molecule has 6 heteroatoms. The second-order valence-corrected chi connectivity index (χ2v) is 11.5. The Labute approximate surface area is 194 Å². The summed E-state index contributed by atoms with van der Waals surface area (Å²) < 4.78 is 11.6. The quantitative estimate of drug-likeness (QED) is 0.368. The molecule has 2 aromatic rings. The summed E-state index contributed by atoms with van der Waals surface area (Å²) in [7, 11) is 0. The Balaban J connectivity index is 1.58. The van der Waals surface area contributed by atoms with E-state index in [9.17, 15) is 5.26 Å². The molecule has 0 saturated carbocycles. The molecule has 1 aliphatic heterocycles. The third kappa shape index (κ3) is 5.34. The van der Waals surface area contributed by atoms with Gasteiger partial charge in [-0.15, -0.1) is 23.1 Å². The lowest BCUT2D eigenvalue weighted by atomic mass is 9.70. The molecule has 4 nitrogen and oxygen atoms in total. The molecule has 31 heavy (non-hydrogen) atoms. The van der Waals surface area contributed by atoms with E-state index in [-0.39, 0.29) is 11.7 Å². The molecule has 3 heterocycles. The minimum Gasteiger partial charge on any atom is -0.353 e. The van der Waals surface area contributed by atoms with Gasteiger partial charge >= 0.3 is 0 Å². The summed E-state index contributed by atoms with van der Waals surface area (Å²) in [5.74, 6) is 1.38. The molecular weight excluding hydrogens is 424 g/mol. The maximum atomic E-state index is 10.1. The van der Waals surface area contributed by atoms with Gasteiger partial charge in [0.2, 0.25) is 0 Å². The summed E-state index contributed by atoms with van der Waals surface area (Å²) in [6.45, 7) is 8.38. The second-order valence-electron chi connectivity index (χ2n) is 9.50. The molecule has 0 unspecified atom stereocenters. The van der Waals surface area contributed by atoms with Gasteiger partial charge in [0.05, 0.1) is 12.2 Å². The van der Waals surface area contributed by atoms with Crippen LogP contribution in [0.4, 0.5) is 0 Å². The highest BCUT2D eigenvalue weighted by Gasteiger charge is 2.33. The van der Waals surface area contributed by atoms with Crippen LogP contribution in [-0.4, -0.2) is 30.2 Å². The smallest absolute Gasteiger partial charge is 0.157 e. The molecule has 2 atom stereocenters. The number of aryl methyl sites for hydroxylation is 1. The van der Waals surface area contributed by atoms with Gasteiger partial charge in [0.1, 0.15) is 11.1 Å². The minimum absolute atomic E-state index is 0.0720. The van der Waals surface area contributed by atoms with Gasteiger partial charge in [0.25, 0.3) is 0 Å². The van der Waals surface area contributed by atoms with Crippen molar-refractivity contribution in [1.29, 1.82) is 5.26 Å². The molecule has 166 valence electrons. The molecule has 1 saturated heterocycles. The summed E-state index contributed by atoms with van der Waals surface area (Å²) in [4.78, 5) is 6.19. The zero-order valence-corrected chi connectivity index (χ0v) is 20.4. The van der Waals surface area contributed by atoms with Gasteiger partial charge in [-0.05, 0) is 66.9 Å². The largest absolute Gasteiger partial charge is 0.353 e. The van der Waals surface area contributed by atoms with Crippen molar-refractivity contribution in [3.8, 4) is 16.5 Å². The van der Waals surface area contributed by atoms with Crippen LogP contribution in [0.1, 0.15) is 63.3 Å². The lowest BCUT2D eigenvalue weighted by Gasteiger charge is -2.35. The van der Waals surface area contributed by atoms with Gasteiger partial charge in [-0.1, -0.05) is 26.8 Å². The van der Waals surface area contributed by atoms with E-state index in [1.165, 1.54) is 22.6 Å². The fourth-order valence-electron chi connectivity index (χ4n) is 4.53. The predicted molar refractivity (Wildman–Crippen MR) is 128 cm³/mol. The average Bonchev–Trinajstić information content (AvgIpc) is 3.30. The first-order chi connectivity index (χ1) is 15.0. The lowest BCUT2D eigenvalue weighted by molar-refractivity contribution is -0.158. The monoisotopic (exact) mass is 456 g/mol. The number of nitriles is 1. The first-order valence-corrected chi connectivity index (χ1v) is 13.2. The summed E-state index contributed by atoms with van der Waals surface area (Å²) >= 11 is 3.35. The van der Waals surface area contributed by atoms with Crippen LogP contribution in [0.15, 0.2) is 22.5 Å². The third-order valence-corrected chi connectivity index (χ3v) is 8.23. The molecule has 0 spiro atoms. The molecule has 0 aromatic carbocycles. The summed E-state index contributed by atoms with van der Waals surface area (Å²) in [6, 6.07) is 6.72. The number of ether oxygens (including phenoxy) is 2. The van der Waals surface area contributed by atoms with E-state index in [1.54, 1.807) is 23.1 Å². The standard InChI is InChI=1S/C25H32N2O2S2/c1-25(2,3)17-9-10-20-18(15-17)23(21-7-6-13-30-21)19(16-26)24(27-20)31-14-12-29-22-8-4-5-11-28-22/h6-7,13,17,22H,4-5,8-12,14-15H2,1-3H3/t17-,22-/m1/s1. The van der Waals surface area contributed by atoms with Gasteiger partial charge in [0, 0.05) is 28.5 Å². The molecule has 2 aromatic heterocycles. The van der Waals surface area contributed by atoms with Crippen LogP contribution in [0.2, 0.25) is 0 Å². The van der Waals surface area contributed by atoms with E-state index in [2.05, 4.69) is 44.4 Å². The van der Waals surface area contributed by atoms with Crippen molar-refractivity contribution < 1.29 is 9.47 Å². The molecule has 1 fully saturated rings. The number of pyridine rings is 1. The Morgan fingerprint density at radius 2 is 2.19 bits per heavy atom. The molecule has 1 aliphatic carbocycles. The minimum atomic E-state index is -0.0720. The van der Waals surface area contributed by atoms with Crippen LogP contribution in [0.25, 0.3) is 10.4 Å². The van der Waals surface area contributed by atoms with E-state index in [4.69, 9.17) is 14.5 Å². The van der Waals surface area contributed by atoms with Crippen molar-refractivity contribution in [3.05, 3.63) is 34.3 Å².